The normalized spacial score (nSPS) is 23.7. The fourth-order valence-corrected chi connectivity index (χ4v) is 4.79. The van der Waals surface area contributed by atoms with E-state index in [4.69, 9.17) is 5.73 Å². The highest BCUT2D eigenvalue weighted by Gasteiger charge is 2.34. The van der Waals surface area contributed by atoms with Gasteiger partial charge in [-0.1, -0.05) is 18.9 Å². The van der Waals surface area contributed by atoms with Crippen molar-refractivity contribution in [2.75, 3.05) is 17.7 Å². The van der Waals surface area contributed by atoms with Crippen LogP contribution >= 0.6 is 11.8 Å². The summed E-state index contributed by atoms with van der Waals surface area (Å²) in [4.78, 5) is 4.03. The summed E-state index contributed by atoms with van der Waals surface area (Å²) in [7, 11) is 0. The summed E-state index contributed by atoms with van der Waals surface area (Å²) in [5.74, 6) is 0.918. The zero-order valence-corrected chi connectivity index (χ0v) is 13.3. The molecule has 110 valence electrons. The van der Waals surface area contributed by atoms with Gasteiger partial charge in [0.15, 0.2) is 0 Å². The standard InChI is InChI=1S/C17H26N2S/c1-20-17-10-4-8-16(14(17)12-18)19-11-5-9-15(19)13-6-2-3-7-13/h4,8,10,13,15H,2-3,5-7,9,11-12,18H2,1H3. The molecule has 0 bridgehead atoms. The minimum Gasteiger partial charge on any atom is -0.368 e. The van der Waals surface area contributed by atoms with E-state index in [9.17, 15) is 0 Å². The van der Waals surface area contributed by atoms with Gasteiger partial charge < -0.3 is 10.6 Å². The summed E-state index contributed by atoms with van der Waals surface area (Å²) in [6.45, 7) is 1.87. The van der Waals surface area contributed by atoms with E-state index in [1.54, 1.807) is 0 Å². The average Bonchev–Trinajstić information content (AvgIpc) is 3.16. The number of nitrogens with two attached hydrogens (primary N) is 1. The lowest BCUT2D eigenvalue weighted by molar-refractivity contribution is 0.430. The Bertz CT molecular complexity index is 454. The van der Waals surface area contributed by atoms with Crippen LogP contribution in [-0.4, -0.2) is 18.8 Å². The van der Waals surface area contributed by atoms with Crippen molar-refractivity contribution in [3.8, 4) is 0 Å². The minimum absolute atomic E-state index is 0.653. The summed E-state index contributed by atoms with van der Waals surface area (Å²) in [6, 6.07) is 7.45. The lowest BCUT2D eigenvalue weighted by Crippen LogP contribution is -2.35. The molecule has 2 nitrogen and oxygen atoms in total. The predicted octanol–water partition coefficient (Wildman–Crippen LogP) is 4.03. The number of thioether (sulfide) groups is 1. The third-order valence-corrected chi connectivity index (χ3v) is 5.91. The van der Waals surface area contributed by atoms with Crippen LogP contribution in [-0.2, 0) is 6.54 Å². The Labute approximate surface area is 127 Å². The van der Waals surface area contributed by atoms with Crippen LogP contribution in [0.15, 0.2) is 23.1 Å². The fourth-order valence-electron chi connectivity index (χ4n) is 4.14. The van der Waals surface area contributed by atoms with E-state index in [1.165, 1.54) is 61.2 Å². The second kappa shape index (κ2) is 6.40. The van der Waals surface area contributed by atoms with Crippen LogP contribution in [0.1, 0.15) is 44.1 Å². The summed E-state index contributed by atoms with van der Waals surface area (Å²) in [5.41, 5.74) is 8.82. The molecule has 1 aliphatic carbocycles. The Hall–Kier alpha value is -0.670. The first-order valence-corrected chi connectivity index (χ1v) is 9.20. The van der Waals surface area contributed by atoms with Crippen LogP contribution < -0.4 is 10.6 Å². The topological polar surface area (TPSA) is 29.3 Å². The van der Waals surface area contributed by atoms with Crippen molar-refractivity contribution in [3.05, 3.63) is 23.8 Å². The Kier molecular flexibility index (Phi) is 4.57. The number of anilines is 1. The second-order valence-electron chi connectivity index (χ2n) is 6.11. The van der Waals surface area contributed by atoms with E-state index in [1.807, 2.05) is 11.8 Å². The van der Waals surface area contributed by atoms with Crippen molar-refractivity contribution in [3.63, 3.8) is 0 Å². The van der Waals surface area contributed by atoms with Gasteiger partial charge in [-0.25, -0.2) is 0 Å². The molecule has 1 atom stereocenters. The van der Waals surface area contributed by atoms with E-state index < -0.39 is 0 Å². The van der Waals surface area contributed by atoms with E-state index in [0.29, 0.717) is 6.54 Å². The Morgan fingerprint density at radius 3 is 2.70 bits per heavy atom. The van der Waals surface area contributed by atoms with Crippen LogP contribution in [0.4, 0.5) is 5.69 Å². The molecule has 1 saturated heterocycles. The first-order chi connectivity index (χ1) is 9.85. The summed E-state index contributed by atoms with van der Waals surface area (Å²) in [6.07, 6.45) is 10.6. The van der Waals surface area contributed by atoms with E-state index in [2.05, 4.69) is 29.4 Å². The lowest BCUT2D eigenvalue weighted by atomic mass is 9.95. The smallest absolute Gasteiger partial charge is 0.0425 e. The quantitative estimate of drug-likeness (QED) is 0.849. The van der Waals surface area contributed by atoms with Crippen molar-refractivity contribution in [1.29, 1.82) is 0 Å². The molecular formula is C17H26N2S. The molecule has 1 aliphatic heterocycles. The summed E-state index contributed by atoms with van der Waals surface area (Å²) >= 11 is 1.82. The van der Waals surface area contributed by atoms with Crippen molar-refractivity contribution in [2.45, 2.75) is 56.0 Å². The van der Waals surface area contributed by atoms with Gasteiger partial charge in [0.25, 0.3) is 0 Å². The fraction of sp³-hybridized carbons (Fsp3) is 0.647. The highest BCUT2D eigenvalue weighted by Crippen LogP contribution is 2.40. The van der Waals surface area contributed by atoms with Gasteiger partial charge in [0.2, 0.25) is 0 Å². The molecule has 20 heavy (non-hydrogen) atoms. The lowest BCUT2D eigenvalue weighted by Gasteiger charge is -2.33. The maximum atomic E-state index is 6.05. The highest BCUT2D eigenvalue weighted by atomic mass is 32.2. The molecule has 2 fully saturated rings. The second-order valence-corrected chi connectivity index (χ2v) is 6.96. The number of rotatable bonds is 4. The maximum absolute atomic E-state index is 6.05. The zero-order chi connectivity index (χ0) is 13.9. The maximum Gasteiger partial charge on any atom is 0.0425 e. The van der Waals surface area contributed by atoms with Crippen LogP contribution in [0, 0.1) is 5.92 Å². The molecule has 3 heteroatoms. The number of hydrogen-bond donors (Lipinski definition) is 1. The molecule has 0 spiro atoms. The summed E-state index contributed by atoms with van der Waals surface area (Å²) < 4.78 is 0. The molecule has 1 saturated carbocycles. The van der Waals surface area contributed by atoms with Gasteiger partial charge in [0.05, 0.1) is 0 Å². The first kappa shape index (κ1) is 14.3. The Morgan fingerprint density at radius 2 is 2.00 bits per heavy atom. The van der Waals surface area contributed by atoms with Gasteiger partial charge in [0, 0.05) is 35.3 Å². The average molecular weight is 290 g/mol. The SMILES string of the molecule is CSc1cccc(N2CCCC2C2CCCC2)c1CN. The van der Waals surface area contributed by atoms with Crippen molar-refractivity contribution in [2.24, 2.45) is 11.7 Å². The third-order valence-electron chi connectivity index (χ3n) is 5.09. The molecule has 1 aromatic rings. The summed E-state index contributed by atoms with van der Waals surface area (Å²) in [5, 5.41) is 0. The Balaban J connectivity index is 1.90. The molecule has 0 radical (unpaired) electrons. The van der Waals surface area contributed by atoms with E-state index in [0.717, 1.165) is 12.0 Å². The molecule has 1 heterocycles. The van der Waals surface area contributed by atoms with Crippen molar-refractivity contribution in [1.82, 2.24) is 0 Å². The Morgan fingerprint density at radius 1 is 1.20 bits per heavy atom. The van der Waals surface area contributed by atoms with Crippen molar-refractivity contribution >= 4 is 17.4 Å². The van der Waals surface area contributed by atoms with Crippen molar-refractivity contribution < 1.29 is 0 Å². The molecule has 0 amide bonds. The van der Waals surface area contributed by atoms with Crippen LogP contribution in [0.5, 0.6) is 0 Å². The van der Waals surface area contributed by atoms with Crippen LogP contribution in [0.2, 0.25) is 0 Å². The first-order valence-electron chi connectivity index (χ1n) is 7.97. The van der Waals surface area contributed by atoms with Crippen LogP contribution in [0.25, 0.3) is 0 Å². The van der Waals surface area contributed by atoms with E-state index >= 15 is 0 Å². The molecule has 1 unspecified atom stereocenters. The van der Waals surface area contributed by atoms with Crippen LogP contribution in [0.3, 0.4) is 0 Å². The zero-order valence-electron chi connectivity index (χ0n) is 12.5. The minimum atomic E-state index is 0.653. The molecule has 2 aliphatic rings. The monoisotopic (exact) mass is 290 g/mol. The van der Waals surface area contributed by atoms with Gasteiger partial charge in [-0.3, -0.25) is 0 Å². The van der Waals surface area contributed by atoms with Gasteiger partial charge in [0.1, 0.15) is 0 Å². The van der Waals surface area contributed by atoms with Gasteiger partial charge in [-0.05, 0) is 50.0 Å². The number of benzene rings is 1. The third kappa shape index (κ3) is 2.58. The van der Waals surface area contributed by atoms with Gasteiger partial charge in [-0.15, -0.1) is 11.8 Å². The largest absolute Gasteiger partial charge is 0.368 e. The number of nitrogens with zero attached hydrogens (tertiary/aromatic N) is 1. The van der Waals surface area contributed by atoms with E-state index in [-0.39, 0.29) is 0 Å². The van der Waals surface area contributed by atoms with Gasteiger partial charge in [-0.2, -0.15) is 0 Å². The molecular weight excluding hydrogens is 264 g/mol. The molecule has 2 N–H and O–H groups in total. The molecule has 1 aromatic carbocycles. The number of hydrogen-bond acceptors (Lipinski definition) is 3. The molecule has 0 aromatic heterocycles. The molecule has 3 rings (SSSR count). The highest BCUT2D eigenvalue weighted by molar-refractivity contribution is 7.98. The predicted molar refractivity (Wildman–Crippen MR) is 88.4 cm³/mol. The van der Waals surface area contributed by atoms with Gasteiger partial charge >= 0.3 is 0 Å².